The molecule has 1 aromatic heterocycles. The van der Waals surface area contributed by atoms with E-state index in [1.807, 2.05) is 6.07 Å². The molecule has 3 aliphatic rings. The molecule has 2 saturated carbocycles. The number of amidine groups is 1. The summed E-state index contributed by atoms with van der Waals surface area (Å²) in [5, 5.41) is 9.86. The summed E-state index contributed by atoms with van der Waals surface area (Å²) in [6.07, 6.45) is 7.03. The Hall–Kier alpha value is -2.94. The molecule has 1 amide bonds. The van der Waals surface area contributed by atoms with Crippen LogP contribution in [-0.2, 0) is 10.0 Å². The van der Waals surface area contributed by atoms with Gasteiger partial charge in [0.2, 0.25) is 0 Å². The number of sulfonamides is 1. The molecule has 2 aliphatic carbocycles. The molecule has 162 valence electrons. The predicted molar refractivity (Wildman–Crippen MR) is 119 cm³/mol. The number of carbonyl (C=O) groups is 1. The zero-order valence-corrected chi connectivity index (χ0v) is 17.9. The number of pyridine rings is 1. The fraction of sp³-hybridized carbons (Fsp3) is 0.409. The van der Waals surface area contributed by atoms with E-state index in [2.05, 4.69) is 25.3 Å². The summed E-state index contributed by atoms with van der Waals surface area (Å²) in [6.45, 7) is 0. The van der Waals surface area contributed by atoms with Crippen LogP contribution in [0, 0.1) is 5.92 Å². The summed E-state index contributed by atoms with van der Waals surface area (Å²) in [6, 6.07) is 10.9. The molecule has 8 nitrogen and oxygen atoms in total. The number of para-hydroxylation sites is 1. The van der Waals surface area contributed by atoms with Crippen LogP contribution in [0.15, 0.2) is 51.9 Å². The first-order valence-corrected chi connectivity index (χ1v) is 12.2. The number of benzene rings is 1. The average Bonchev–Trinajstić information content (AvgIpc) is 3.61. The minimum atomic E-state index is -3.68. The Morgan fingerprint density at radius 1 is 0.968 bits per heavy atom. The second-order valence-corrected chi connectivity index (χ2v) is 9.98. The van der Waals surface area contributed by atoms with Gasteiger partial charge in [0, 0.05) is 24.2 Å². The number of rotatable bonds is 5. The molecule has 0 saturated heterocycles. The van der Waals surface area contributed by atoms with Crippen LogP contribution < -0.4 is 16.0 Å². The standard InChI is InChI=1S/C22H25N5O3S/c28-22(18-4-1-2-13-23-18)25-16-11-9-15(10-12-16)24-17-5-3-6-19-20(17)26-21(14-7-8-14)27-31(19,29)30/h1-6,13-16,24H,7-12H2,(H,25,28)(H,26,27). The van der Waals surface area contributed by atoms with Gasteiger partial charge in [0.1, 0.15) is 16.4 Å². The second kappa shape index (κ2) is 7.96. The van der Waals surface area contributed by atoms with Crippen LogP contribution in [0.1, 0.15) is 49.0 Å². The molecule has 9 heteroatoms. The van der Waals surface area contributed by atoms with Crippen molar-refractivity contribution in [3.63, 3.8) is 0 Å². The fourth-order valence-corrected chi connectivity index (χ4v) is 5.44. The highest BCUT2D eigenvalue weighted by Crippen LogP contribution is 2.40. The van der Waals surface area contributed by atoms with Gasteiger partial charge in [0.15, 0.2) is 0 Å². The lowest BCUT2D eigenvalue weighted by atomic mass is 9.90. The second-order valence-electron chi connectivity index (χ2n) is 8.41. The number of anilines is 2. The minimum absolute atomic E-state index is 0.115. The van der Waals surface area contributed by atoms with Crippen molar-refractivity contribution in [3.05, 3.63) is 48.3 Å². The molecule has 0 atom stereocenters. The summed E-state index contributed by atoms with van der Waals surface area (Å²) in [4.78, 5) is 16.7. The van der Waals surface area contributed by atoms with Gasteiger partial charge >= 0.3 is 0 Å². The van der Waals surface area contributed by atoms with E-state index in [4.69, 9.17) is 0 Å². The summed E-state index contributed by atoms with van der Waals surface area (Å²) in [5.41, 5.74) is 1.82. The van der Waals surface area contributed by atoms with Gasteiger partial charge in [-0.25, -0.2) is 0 Å². The highest BCUT2D eigenvalue weighted by molar-refractivity contribution is 7.90. The number of carbonyl (C=O) groups excluding carboxylic acids is 1. The maximum atomic E-state index is 12.6. The van der Waals surface area contributed by atoms with E-state index in [-0.39, 0.29) is 28.8 Å². The van der Waals surface area contributed by atoms with Crippen LogP contribution in [-0.4, -0.2) is 37.2 Å². The summed E-state index contributed by atoms with van der Waals surface area (Å²) < 4.78 is 29.2. The first kappa shape index (κ1) is 20.0. The summed E-state index contributed by atoms with van der Waals surface area (Å²) in [7, 11) is -3.68. The van der Waals surface area contributed by atoms with Gasteiger partial charge in [-0.2, -0.15) is 8.42 Å². The number of nitrogens with zero attached hydrogens (tertiary/aromatic N) is 2. The lowest BCUT2D eigenvalue weighted by molar-refractivity contribution is 0.0921. The Morgan fingerprint density at radius 3 is 2.45 bits per heavy atom. The predicted octanol–water partition coefficient (Wildman–Crippen LogP) is 3.16. The Kier molecular flexibility index (Phi) is 5.13. The van der Waals surface area contributed by atoms with E-state index >= 15 is 0 Å². The van der Waals surface area contributed by atoms with Crippen molar-refractivity contribution in [1.29, 1.82) is 0 Å². The average molecular weight is 440 g/mol. The molecule has 3 N–H and O–H groups in total. The number of hydrogen-bond donors (Lipinski definition) is 3. The van der Waals surface area contributed by atoms with Crippen molar-refractivity contribution in [1.82, 2.24) is 10.3 Å². The third-order valence-corrected chi connectivity index (χ3v) is 7.39. The SMILES string of the molecule is O=C(NC1CCC(Nc2cccc3c2NC(C2CC2)=NS3(=O)=O)CC1)c1ccccn1. The molecular formula is C22H25N5O3S. The minimum Gasteiger partial charge on any atom is -0.381 e. The smallest absolute Gasteiger partial charge is 0.286 e. The topological polar surface area (TPSA) is 113 Å². The van der Waals surface area contributed by atoms with Gasteiger partial charge in [0.25, 0.3) is 15.9 Å². The van der Waals surface area contributed by atoms with Crippen LogP contribution in [0.5, 0.6) is 0 Å². The Labute approximate surface area is 181 Å². The van der Waals surface area contributed by atoms with E-state index in [1.165, 1.54) is 0 Å². The maximum Gasteiger partial charge on any atom is 0.286 e. The Morgan fingerprint density at radius 2 is 1.74 bits per heavy atom. The monoisotopic (exact) mass is 439 g/mol. The van der Waals surface area contributed by atoms with E-state index in [0.29, 0.717) is 17.2 Å². The molecule has 1 aliphatic heterocycles. The number of aromatic nitrogens is 1. The van der Waals surface area contributed by atoms with Gasteiger partial charge in [0.05, 0.1) is 11.4 Å². The van der Waals surface area contributed by atoms with Crippen LogP contribution in [0.2, 0.25) is 0 Å². The molecule has 0 unspecified atom stereocenters. The maximum absolute atomic E-state index is 12.6. The molecule has 2 heterocycles. The van der Waals surface area contributed by atoms with Crippen LogP contribution >= 0.6 is 0 Å². The van der Waals surface area contributed by atoms with Gasteiger partial charge in [-0.05, 0) is 62.8 Å². The molecule has 2 fully saturated rings. The van der Waals surface area contributed by atoms with Crippen molar-refractivity contribution < 1.29 is 13.2 Å². The molecule has 1 aromatic carbocycles. The van der Waals surface area contributed by atoms with Crippen molar-refractivity contribution in [3.8, 4) is 0 Å². The molecule has 2 aromatic rings. The third kappa shape index (κ3) is 4.27. The van der Waals surface area contributed by atoms with Crippen molar-refractivity contribution >= 4 is 33.1 Å². The molecule has 5 rings (SSSR count). The number of amides is 1. The normalized spacial score (nSPS) is 24.3. The first-order chi connectivity index (χ1) is 15.0. The van der Waals surface area contributed by atoms with Crippen LogP contribution in [0.3, 0.4) is 0 Å². The van der Waals surface area contributed by atoms with E-state index < -0.39 is 10.0 Å². The molecule has 31 heavy (non-hydrogen) atoms. The largest absolute Gasteiger partial charge is 0.381 e. The molecule has 0 spiro atoms. The number of fused-ring (bicyclic) bond motifs is 1. The zero-order valence-electron chi connectivity index (χ0n) is 17.0. The van der Waals surface area contributed by atoms with Crippen LogP contribution in [0.25, 0.3) is 0 Å². The van der Waals surface area contributed by atoms with Crippen molar-refractivity contribution in [2.24, 2.45) is 10.3 Å². The van der Waals surface area contributed by atoms with E-state index in [9.17, 15) is 13.2 Å². The van der Waals surface area contributed by atoms with Gasteiger partial charge in [-0.3, -0.25) is 9.78 Å². The summed E-state index contributed by atoms with van der Waals surface area (Å²) >= 11 is 0. The molecule has 0 bridgehead atoms. The first-order valence-electron chi connectivity index (χ1n) is 10.7. The lowest BCUT2D eigenvalue weighted by Gasteiger charge is -2.31. The van der Waals surface area contributed by atoms with E-state index in [1.54, 1.807) is 36.5 Å². The van der Waals surface area contributed by atoms with E-state index in [0.717, 1.165) is 44.2 Å². The zero-order chi connectivity index (χ0) is 21.4. The third-order valence-electron chi connectivity index (χ3n) is 6.06. The van der Waals surface area contributed by atoms with Crippen molar-refractivity contribution in [2.75, 3.05) is 10.6 Å². The lowest BCUT2D eigenvalue weighted by Crippen LogP contribution is -2.40. The molecular weight excluding hydrogens is 414 g/mol. The Balaban J connectivity index is 1.23. The Bertz CT molecular complexity index is 1120. The fourth-order valence-electron chi connectivity index (χ4n) is 4.22. The highest BCUT2D eigenvalue weighted by atomic mass is 32.2. The van der Waals surface area contributed by atoms with Gasteiger partial charge < -0.3 is 16.0 Å². The number of nitrogens with one attached hydrogen (secondary N) is 3. The highest BCUT2D eigenvalue weighted by Gasteiger charge is 2.35. The van der Waals surface area contributed by atoms with Crippen LogP contribution in [0.4, 0.5) is 11.4 Å². The quantitative estimate of drug-likeness (QED) is 0.660. The van der Waals surface area contributed by atoms with Gasteiger partial charge in [-0.1, -0.05) is 12.1 Å². The summed E-state index contributed by atoms with van der Waals surface area (Å²) in [5.74, 6) is 0.632. The van der Waals surface area contributed by atoms with Crippen molar-refractivity contribution in [2.45, 2.75) is 55.5 Å². The number of hydrogen-bond acceptors (Lipinski definition) is 6. The van der Waals surface area contributed by atoms with Gasteiger partial charge in [-0.15, -0.1) is 4.40 Å². The molecule has 0 radical (unpaired) electrons.